The largest absolute Gasteiger partial charge is 0.744 e. The number of amides is 1. The van der Waals surface area contributed by atoms with E-state index in [-0.39, 0.29) is 4.90 Å². The van der Waals surface area contributed by atoms with E-state index in [1.807, 2.05) is 44.7 Å². The van der Waals surface area contributed by atoms with Gasteiger partial charge < -0.3 is 14.6 Å². The summed E-state index contributed by atoms with van der Waals surface area (Å²) in [5, 5.41) is 3.38. The van der Waals surface area contributed by atoms with Crippen LogP contribution < -0.4 is 9.88 Å². The summed E-state index contributed by atoms with van der Waals surface area (Å²) in [7, 11) is -4.27. The van der Waals surface area contributed by atoms with Crippen LogP contribution in [0.1, 0.15) is 26.3 Å². The van der Waals surface area contributed by atoms with Gasteiger partial charge in [0.05, 0.1) is 16.5 Å². The summed E-state index contributed by atoms with van der Waals surface area (Å²) >= 11 is 5.77. The normalized spacial score (nSPS) is 11.2. The van der Waals surface area contributed by atoms with Crippen molar-refractivity contribution in [2.24, 2.45) is 0 Å². The minimum atomic E-state index is -4.27. The lowest BCUT2D eigenvalue weighted by atomic mass is 10.2. The van der Waals surface area contributed by atoms with Gasteiger partial charge in [-0.15, -0.1) is 0 Å². The van der Waals surface area contributed by atoms with E-state index in [1.54, 1.807) is 24.3 Å². The molecule has 2 rings (SSSR count). The Bertz CT molecular complexity index is 861. The molecular weight excluding hydrogens is 404 g/mol. The predicted octanol–water partition coefficient (Wildman–Crippen LogP) is 3.05. The number of halogens is 1. The van der Waals surface area contributed by atoms with Crippen molar-refractivity contribution < 1.29 is 27.1 Å². The second-order valence-corrected chi connectivity index (χ2v) is 8.77. The van der Waals surface area contributed by atoms with E-state index in [4.69, 9.17) is 16.3 Å². The number of pyridine rings is 1. The van der Waals surface area contributed by atoms with Gasteiger partial charge in [0.25, 0.3) is 0 Å². The van der Waals surface area contributed by atoms with E-state index >= 15 is 0 Å². The first-order valence-electron chi connectivity index (χ1n) is 8.51. The fraction of sp³-hybridized carbons (Fsp3) is 0.368. The van der Waals surface area contributed by atoms with Crippen molar-refractivity contribution in [2.45, 2.75) is 44.7 Å². The molecule has 1 N–H and O–H groups in total. The molecule has 154 valence electrons. The van der Waals surface area contributed by atoms with Crippen LogP contribution in [0.3, 0.4) is 0 Å². The monoisotopic (exact) mass is 428 g/mol. The van der Waals surface area contributed by atoms with Crippen molar-refractivity contribution in [3.8, 4) is 0 Å². The van der Waals surface area contributed by atoms with Crippen molar-refractivity contribution in [3.63, 3.8) is 0 Å². The van der Waals surface area contributed by atoms with Gasteiger partial charge >= 0.3 is 6.09 Å². The number of nitrogens with zero attached hydrogens (tertiary/aromatic N) is 1. The molecule has 0 aliphatic rings. The fourth-order valence-corrected chi connectivity index (χ4v) is 2.48. The van der Waals surface area contributed by atoms with Crippen LogP contribution >= 0.6 is 11.6 Å². The standard InChI is InChI=1S/C12H17ClN2O2.C7H8O3S/c1-12(2,3)17-11(16)14-6-9-15-7-4-10(13)5-8-15;1-6-2-4-7(5-3-6)11(8,9)10/h4-5,7-8H,6,9H2,1-3H3;2-5H,1H3,(H,8,9,10). The number of carbonyl (C=O) groups excluding carboxylic acids is 1. The van der Waals surface area contributed by atoms with Crippen molar-refractivity contribution in [1.29, 1.82) is 0 Å². The van der Waals surface area contributed by atoms with Crippen molar-refractivity contribution >= 4 is 27.8 Å². The van der Waals surface area contributed by atoms with Crippen LogP contribution in [0.15, 0.2) is 53.7 Å². The molecule has 1 aromatic heterocycles. The van der Waals surface area contributed by atoms with Crippen LogP contribution in [0, 0.1) is 6.92 Å². The molecule has 1 aromatic carbocycles. The third-order valence-corrected chi connectivity index (χ3v) is 4.30. The Balaban J connectivity index is 0.000000307. The fourth-order valence-electron chi connectivity index (χ4n) is 1.89. The zero-order valence-electron chi connectivity index (χ0n) is 16.3. The summed E-state index contributed by atoms with van der Waals surface area (Å²) in [6, 6.07) is 9.38. The number of carbonyl (C=O) groups is 1. The summed E-state index contributed by atoms with van der Waals surface area (Å²) < 4.78 is 38.2. The van der Waals surface area contributed by atoms with Gasteiger partial charge in [0.15, 0.2) is 18.9 Å². The summed E-state index contributed by atoms with van der Waals surface area (Å²) in [5.41, 5.74) is 0.467. The van der Waals surface area contributed by atoms with E-state index in [2.05, 4.69) is 5.32 Å². The summed E-state index contributed by atoms with van der Waals surface area (Å²) in [4.78, 5) is 11.2. The number of aryl methyl sites for hydroxylation is 1. The third kappa shape index (κ3) is 10.2. The predicted molar refractivity (Wildman–Crippen MR) is 105 cm³/mol. The van der Waals surface area contributed by atoms with Gasteiger partial charge in [-0.05, 0) is 39.8 Å². The maximum atomic E-state index is 11.3. The summed E-state index contributed by atoms with van der Waals surface area (Å²) in [6.07, 6.45) is 3.32. The molecule has 28 heavy (non-hydrogen) atoms. The van der Waals surface area contributed by atoms with Crippen molar-refractivity contribution in [2.75, 3.05) is 6.54 Å². The molecular formula is C19H25ClN2O5S. The maximum Gasteiger partial charge on any atom is 0.407 e. The molecule has 0 unspecified atom stereocenters. The molecule has 0 spiro atoms. The van der Waals surface area contributed by atoms with Crippen molar-refractivity contribution in [1.82, 2.24) is 5.32 Å². The Labute approximate surface area is 171 Å². The minimum Gasteiger partial charge on any atom is -0.744 e. The van der Waals surface area contributed by atoms with Gasteiger partial charge in [-0.1, -0.05) is 29.3 Å². The van der Waals surface area contributed by atoms with Gasteiger partial charge in [-0.25, -0.2) is 17.8 Å². The number of aromatic nitrogens is 1. The first kappa shape index (κ1) is 23.9. The molecule has 0 bridgehead atoms. The van der Waals surface area contributed by atoms with Crippen LogP contribution in [0.25, 0.3) is 0 Å². The van der Waals surface area contributed by atoms with E-state index in [0.717, 1.165) is 5.56 Å². The molecule has 1 amide bonds. The summed E-state index contributed by atoms with van der Waals surface area (Å²) in [5.74, 6) is 0. The second kappa shape index (κ2) is 10.4. The quantitative estimate of drug-likeness (QED) is 0.596. The van der Waals surface area contributed by atoms with E-state index in [1.165, 1.54) is 12.1 Å². The zero-order chi connectivity index (χ0) is 21.4. The molecule has 0 radical (unpaired) electrons. The number of alkyl carbamates (subject to hydrolysis) is 1. The Morgan fingerprint density at radius 1 is 1.14 bits per heavy atom. The van der Waals surface area contributed by atoms with Crippen molar-refractivity contribution in [3.05, 3.63) is 59.4 Å². The van der Waals surface area contributed by atoms with Crippen LogP contribution in [0.4, 0.5) is 4.79 Å². The molecule has 2 aromatic rings. The molecule has 9 heteroatoms. The zero-order valence-corrected chi connectivity index (χ0v) is 17.9. The second-order valence-electron chi connectivity index (χ2n) is 6.95. The first-order valence-corrected chi connectivity index (χ1v) is 10.3. The molecule has 0 saturated carbocycles. The van der Waals surface area contributed by atoms with E-state index in [9.17, 15) is 17.8 Å². The molecule has 0 saturated heterocycles. The molecule has 0 fully saturated rings. The number of rotatable bonds is 4. The molecule has 7 nitrogen and oxygen atoms in total. The topological polar surface area (TPSA) is 99.4 Å². The Morgan fingerprint density at radius 2 is 1.68 bits per heavy atom. The van der Waals surface area contributed by atoms with Gasteiger partial charge in [-0.2, -0.15) is 0 Å². The lowest BCUT2D eigenvalue weighted by Gasteiger charge is -2.19. The highest BCUT2D eigenvalue weighted by atomic mass is 35.5. The highest BCUT2D eigenvalue weighted by Gasteiger charge is 2.15. The van der Waals surface area contributed by atoms with Crippen LogP contribution in [-0.2, 0) is 21.4 Å². The van der Waals surface area contributed by atoms with Crippen LogP contribution in [-0.4, -0.2) is 31.2 Å². The minimum absolute atomic E-state index is 0.178. The summed E-state index contributed by atoms with van der Waals surface area (Å²) in [6.45, 7) is 8.51. The average Bonchev–Trinajstić information content (AvgIpc) is 2.55. The van der Waals surface area contributed by atoms with Crippen LogP contribution in [0.2, 0.25) is 5.02 Å². The average molecular weight is 429 g/mol. The van der Waals surface area contributed by atoms with Gasteiger partial charge in [0.1, 0.15) is 15.7 Å². The molecule has 1 heterocycles. The third-order valence-electron chi connectivity index (χ3n) is 3.20. The smallest absolute Gasteiger partial charge is 0.407 e. The van der Waals surface area contributed by atoms with E-state index in [0.29, 0.717) is 18.1 Å². The number of nitrogens with one attached hydrogen (secondary N) is 1. The lowest BCUT2D eigenvalue weighted by Crippen LogP contribution is -2.41. The Hall–Kier alpha value is -2.16. The number of ether oxygens (including phenoxy) is 1. The molecule has 0 aliphatic heterocycles. The number of hydrogen-bond donors (Lipinski definition) is 1. The van der Waals surface area contributed by atoms with Crippen LogP contribution in [0.5, 0.6) is 0 Å². The maximum absolute atomic E-state index is 11.3. The first-order chi connectivity index (χ1) is 12.9. The van der Waals surface area contributed by atoms with Gasteiger partial charge in [0, 0.05) is 12.1 Å². The number of benzene rings is 1. The molecule has 0 atom stereocenters. The van der Waals surface area contributed by atoms with Gasteiger partial charge in [-0.3, -0.25) is 0 Å². The molecule has 0 aliphatic carbocycles. The highest BCUT2D eigenvalue weighted by Crippen LogP contribution is 2.08. The van der Waals surface area contributed by atoms with Gasteiger partial charge in [0.2, 0.25) is 0 Å². The lowest BCUT2D eigenvalue weighted by molar-refractivity contribution is -0.694. The Kier molecular flexibility index (Phi) is 8.87. The SMILES string of the molecule is CC(C)(C)OC(=O)NCC[n+]1ccc(Cl)cc1.Cc1ccc(S(=O)(=O)[O-])cc1. The van der Waals surface area contributed by atoms with E-state index < -0.39 is 21.8 Å². The Morgan fingerprint density at radius 3 is 2.14 bits per heavy atom. The number of hydrogen-bond acceptors (Lipinski definition) is 5. The highest BCUT2D eigenvalue weighted by molar-refractivity contribution is 7.85.